The molecule has 0 aliphatic rings. The summed E-state index contributed by atoms with van der Waals surface area (Å²) < 4.78 is 7.15. The number of fused-ring (bicyclic) bond motifs is 1. The lowest BCUT2D eigenvalue weighted by atomic mass is 10.1. The zero-order chi connectivity index (χ0) is 20.4. The van der Waals surface area contributed by atoms with Gasteiger partial charge in [0.2, 0.25) is 0 Å². The number of rotatable bonds is 5. The van der Waals surface area contributed by atoms with Gasteiger partial charge in [-0.15, -0.1) is 0 Å². The molecule has 0 saturated carbocycles. The molecule has 1 N–H and O–H groups in total. The van der Waals surface area contributed by atoms with Crippen LogP contribution in [-0.4, -0.2) is 27.3 Å². The van der Waals surface area contributed by atoms with Gasteiger partial charge in [-0.25, -0.2) is 4.98 Å². The Morgan fingerprint density at radius 3 is 2.62 bits per heavy atom. The van der Waals surface area contributed by atoms with Crippen LogP contribution < -0.4 is 10.1 Å². The van der Waals surface area contributed by atoms with E-state index in [1.54, 1.807) is 31.5 Å². The summed E-state index contributed by atoms with van der Waals surface area (Å²) in [6, 6.07) is 16.7. The number of nitrogens with zero attached hydrogens (tertiary/aromatic N) is 3. The fourth-order valence-corrected chi connectivity index (χ4v) is 3.05. The first-order chi connectivity index (χ1) is 14.1. The third-order valence-electron chi connectivity index (χ3n) is 4.50. The quantitative estimate of drug-likeness (QED) is 0.409. The summed E-state index contributed by atoms with van der Waals surface area (Å²) in [5.74, 6) is 0.190. The van der Waals surface area contributed by atoms with Crippen molar-refractivity contribution >= 4 is 22.9 Å². The number of aromatic nitrogens is 2. The molecule has 0 radical (unpaired) electrons. The van der Waals surface area contributed by atoms with E-state index in [1.165, 1.54) is 18.2 Å². The summed E-state index contributed by atoms with van der Waals surface area (Å²) in [5.41, 5.74) is 2.87. The Balaban J connectivity index is 1.57. The Kier molecular flexibility index (Phi) is 4.66. The van der Waals surface area contributed by atoms with Crippen LogP contribution >= 0.6 is 0 Å². The molecule has 4 aromatic rings. The van der Waals surface area contributed by atoms with Crippen molar-refractivity contribution in [2.45, 2.75) is 0 Å². The van der Waals surface area contributed by atoms with Crippen molar-refractivity contribution in [1.82, 2.24) is 9.38 Å². The number of imidazole rings is 1. The number of hydrogen-bond acceptors (Lipinski definition) is 5. The number of nitro benzene ring substituents is 1. The molecule has 8 nitrogen and oxygen atoms in total. The molecule has 2 heterocycles. The van der Waals surface area contributed by atoms with Crippen molar-refractivity contribution in [1.29, 1.82) is 0 Å². The van der Waals surface area contributed by atoms with Crippen LogP contribution in [0.2, 0.25) is 0 Å². The average molecular weight is 388 g/mol. The van der Waals surface area contributed by atoms with Crippen LogP contribution in [0.3, 0.4) is 0 Å². The first-order valence-corrected chi connectivity index (χ1v) is 8.73. The molecule has 0 spiro atoms. The van der Waals surface area contributed by atoms with Crippen LogP contribution in [0.15, 0.2) is 73.1 Å². The Bertz CT molecular complexity index is 1220. The van der Waals surface area contributed by atoms with Gasteiger partial charge in [-0.3, -0.25) is 19.3 Å². The number of methoxy groups -OCH3 is 1. The molecule has 4 rings (SSSR count). The van der Waals surface area contributed by atoms with Gasteiger partial charge in [-0.05, 0) is 24.3 Å². The van der Waals surface area contributed by atoms with E-state index in [0.717, 1.165) is 22.7 Å². The molecule has 2 aromatic heterocycles. The zero-order valence-electron chi connectivity index (χ0n) is 15.4. The Hall–Kier alpha value is -4.20. The Labute approximate surface area is 165 Å². The fourth-order valence-electron chi connectivity index (χ4n) is 3.05. The van der Waals surface area contributed by atoms with Crippen molar-refractivity contribution < 1.29 is 14.5 Å². The lowest BCUT2D eigenvalue weighted by Gasteiger charge is -2.08. The summed E-state index contributed by atoms with van der Waals surface area (Å²) in [5, 5.41) is 13.8. The number of nitrogens with one attached hydrogen (secondary N) is 1. The predicted molar refractivity (Wildman–Crippen MR) is 108 cm³/mol. The van der Waals surface area contributed by atoms with Crippen LogP contribution in [0.25, 0.3) is 16.9 Å². The third-order valence-corrected chi connectivity index (χ3v) is 4.50. The van der Waals surface area contributed by atoms with Gasteiger partial charge in [0.15, 0.2) is 0 Å². The minimum Gasteiger partial charge on any atom is -0.497 e. The second-order valence-electron chi connectivity index (χ2n) is 6.24. The topological polar surface area (TPSA) is 98.8 Å². The number of carbonyl (C=O) groups is 1. The number of benzene rings is 2. The highest BCUT2D eigenvalue weighted by Gasteiger charge is 2.19. The molecule has 2 aromatic carbocycles. The van der Waals surface area contributed by atoms with Crippen molar-refractivity contribution in [2.24, 2.45) is 0 Å². The number of carbonyl (C=O) groups excluding carboxylic acids is 1. The highest BCUT2D eigenvalue weighted by molar-refractivity contribution is 6.07. The number of hydrogen-bond donors (Lipinski definition) is 1. The normalized spacial score (nSPS) is 10.7. The summed E-state index contributed by atoms with van der Waals surface area (Å²) in [4.78, 5) is 27.4. The lowest BCUT2D eigenvalue weighted by Crippen LogP contribution is -2.13. The van der Waals surface area contributed by atoms with Crippen molar-refractivity contribution in [3.05, 3.63) is 88.7 Å². The molecule has 0 unspecified atom stereocenters. The molecular formula is C21H16N4O4. The van der Waals surface area contributed by atoms with E-state index in [-0.39, 0.29) is 11.3 Å². The molecule has 29 heavy (non-hydrogen) atoms. The number of nitro groups is 1. The van der Waals surface area contributed by atoms with E-state index in [0.29, 0.717) is 5.69 Å². The molecule has 0 atom stereocenters. The second kappa shape index (κ2) is 7.43. The van der Waals surface area contributed by atoms with Crippen molar-refractivity contribution in [2.75, 3.05) is 12.4 Å². The fraction of sp³-hybridized carbons (Fsp3) is 0.0476. The molecule has 8 heteroatoms. The van der Waals surface area contributed by atoms with Gasteiger partial charge in [0.25, 0.3) is 11.6 Å². The number of para-hydroxylation sites is 1. The molecule has 0 fully saturated rings. The van der Waals surface area contributed by atoms with Gasteiger partial charge in [0, 0.05) is 29.6 Å². The SMILES string of the molecule is COc1ccn2c(-c3ccc(NC(=O)c4ccccc4[N+](=O)[O-])cc3)cnc2c1. The number of amides is 1. The van der Waals surface area contributed by atoms with Crippen LogP contribution in [0.4, 0.5) is 11.4 Å². The molecule has 0 aliphatic carbocycles. The summed E-state index contributed by atoms with van der Waals surface area (Å²) in [6.45, 7) is 0. The van der Waals surface area contributed by atoms with Gasteiger partial charge in [0.1, 0.15) is 17.0 Å². The average Bonchev–Trinajstić information content (AvgIpc) is 3.17. The van der Waals surface area contributed by atoms with E-state index < -0.39 is 10.8 Å². The lowest BCUT2D eigenvalue weighted by molar-refractivity contribution is -0.385. The molecule has 0 saturated heterocycles. The molecule has 1 amide bonds. The van der Waals surface area contributed by atoms with Crippen LogP contribution in [0.5, 0.6) is 5.75 Å². The van der Waals surface area contributed by atoms with Crippen LogP contribution in [0.1, 0.15) is 10.4 Å². The maximum Gasteiger partial charge on any atom is 0.282 e. The van der Waals surface area contributed by atoms with E-state index in [9.17, 15) is 14.9 Å². The second-order valence-corrected chi connectivity index (χ2v) is 6.24. The van der Waals surface area contributed by atoms with E-state index >= 15 is 0 Å². The van der Waals surface area contributed by atoms with Gasteiger partial charge in [-0.1, -0.05) is 24.3 Å². The molecule has 144 valence electrons. The molecular weight excluding hydrogens is 372 g/mol. The Morgan fingerprint density at radius 2 is 1.90 bits per heavy atom. The summed E-state index contributed by atoms with van der Waals surface area (Å²) in [7, 11) is 1.60. The minimum atomic E-state index is -0.572. The first-order valence-electron chi connectivity index (χ1n) is 8.73. The molecule has 0 aliphatic heterocycles. The number of ether oxygens (including phenoxy) is 1. The van der Waals surface area contributed by atoms with Crippen molar-refractivity contribution in [3.63, 3.8) is 0 Å². The highest BCUT2D eigenvalue weighted by Crippen LogP contribution is 2.25. The van der Waals surface area contributed by atoms with E-state index in [2.05, 4.69) is 10.3 Å². The maximum absolute atomic E-state index is 12.4. The predicted octanol–water partition coefficient (Wildman–Crippen LogP) is 4.17. The van der Waals surface area contributed by atoms with E-state index in [4.69, 9.17) is 4.74 Å². The standard InChI is InChI=1S/C21H16N4O4/c1-29-16-10-11-24-19(13-22-20(24)12-16)14-6-8-15(9-7-14)23-21(26)17-4-2-3-5-18(17)25(27)28/h2-13H,1H3,(H,23,26). The number of pyridine rings is 1. The van der Waals surface area contributed by atoms with Gasteiger partial charge in [-0.2, -0.15) is 0 Å². The largest absolute Gasteiger partial charge is 0.497 e. The smallest absolute Gasteiger partial charge is 0.282 e. The summed E-state index contributed by atoms with van der Waals surface area (Å²) in [6.07, 6.45) is 3.64. The minimum absolute atomic E-state index is 0.0114. The van der Waals surface area contributed by atoms with Gasteiger partial charge < -0.3 is 10.1 Å². The van der Waals surface area contributed by atoms with E-state index in [1.807, 2.05) is 34.9 Å². The van der Waals surface area contributed by atoms with Crippen LogP contribution in [0, 0.1) is 10.1 Å². The Morgan fingerprint density at radius 1 is 1.14 bits per heavy atom. The van der Waals surface area contributed by atoms with Gasteiger partial charge >= 0.3 is 0 Å². The zero-order valence-corrected chi connectivity index (χ0v) is 15.4. The number of anilines is 1. The van der Waals surface area contributed by atoms with Crippen molar-refractivity contribution in [3.8, 4) is 17.0 Å². The van der Waals surface area contributed by atoms with Crippen LogP contribution in [-0.2, 0) is 0 Å². The highest BCUT2D eigenvalue weighted by atomic mass is 16.6. The van der Waals surface area contributed by atoms with Gasteiger partial charge in [0.05, 0.1) is 23.9 Å². The maximum atomic E-state index is 12.4. The summed E-state index contributed by atoms with van der Waals surface area (Å²) >= 11 is 0. The molecule has 0 bridgehead atoms. The third kappa shape index (κ3) is 3.51. The monoisotopic (exact) mass is 388 g/mol. The first kappa shape index (κ1) is 18.2.